The Morgan fingerprint density at radius 2 is 0.800 bits per heavy atom. The molecular weight excluding hydrogens is 424 g/mol. The molecule has 35 heavy (non-hydrogen) atoms. The smallest absolute Gasteiger partial charge is 0.110 e. The summed E-state index contributed by atoms with van der Waals surface area (Å²) in [6.45, 7) is 10.2. The SMILES string of the molecule is CC12c3ccccc3[C@@]3(C)c4cc5c(cc4[C@@](C)(c4ccccc41)C23C)C1OC5c2ccccc21. The van der Waals surface area contributed by atoms with Crippen LogP contribution < -0.4 is 0 Å². The van der Waals surface area contributed by atoms with Crippen molar-refractivity contribution in [2.75, 3.05) is 0 Å². The molecule has 1 nitrogen and oxygen atoms in total. The molecule has 4 aromatic carbocycles. The summed E-state index contributed by atoms with van der Waals surface area (Å²) in [5, 5.41) is 0. The molecule has 170 valence electrons. The lowest BCUT2D eigenvalue weighted by Gasteiger charge is -2.49. The number of rotatable bonds is 0. The second-order valence-corrected chi connectivity index (χ2v) is 12.1. The molecule has 5 aliphatic rings. The van der Waals surface area contributed by atoms with Crippen LogP contribution in [0.15, 0.2) is 84.9 Å². The number of benzene rings is 4. The first-order valence-electron chi connectivity index (χ1n) is 13.0. The molecule has 0 radical (unpaired) electrons. The lowest BCUT2D eigenvalue weighted by atomic mass is 9.52. The Balaban J connectivity index is 1.44. The molecule has 0 aromatic heterocycles. The molecule has 0 saturated heterocycles. The maximum atomic E-state index is 6.63. The Morgan fingerprint density at radius 1 is 0.457 bits per heavy atom. The third-order valence-electron chi connectivity index (χ3n) is 11.7. The summed E-state index contributed by atoms with van der Waals surface area (Å²) in [6, 6.07) is 32.5. The molecule has 3 aliphatic carbocycles. The summed E-state index contributed by atoms with van der Waals surface area (Å²) in [6.07, 6.45) is 0.132. The lowest BCUT2D eigenvalue weighted by molar-refractivity contribution is 0.0848. The van der Waals surface area contributed by atoms with Gasteiger partial charge in [0.05, 0.1) is 0 Å². The van der Waals surface area contributed by atoms with Crippen molar-refractivity contribution in [2.45, 2.75) is 56.1 Å². The zero-order valence-corrected chi connectivity index (χ0v) is 20.6. The van der Waals surface area contributed by atoms with Crippen LogP contribution in [0.1, 0.15) is 95.5 Å². The largest absolute Gasteiger partial charge is 0.356 e. The summed E-state index contributed by atoms with van der Waals surface area (Å²) >= 11 is 0. The van der Waals surface area contributed by atoms with E-state index in [9.17, 15) is 0 Å². The van der Waals surface area contributed by atoms with Crippen molar-refractivity contribution >= 4 is 0 Å². The van der Waals surface area contributed by atoms with E-state index in [4.69, 9.17) is 4.74 Å². The standard InChI is InChI=1S/C34H28O/c1-31-23-13-7-9-15-25(23)32(2)27-17-21-22(30-20-12-6-5-11-19(20)29(21)35-30)18-28(27)33(3,34(31,32)4)26-16-10-8-14-24(26)31/h5-18,29-30H,1-4H3/t29?,30?,31?,32-,33+,34?. The summed E-state index contributed by atoms with van der Waals surface area (Å²) in [5.41, 5.74) is 14.3. The Hall–Kier alpha value is -3.16. The van der Waals surface area contributed by atoms with Crippen molar-refractivity contribution in [1.29, 1.82) is 0 Å². The summed E-state index contributed by atoms with van der Waals surface area (Å²) in [5.74, 6) is 0. The highest BCUT2D eigenvalue weighted by molar-refractivity contribution is 5.77. The number of hydrogen-bond acceptors (Lipinski definition) is 1. The van der Waals surface area contributed by atoms with E-state index in [1.165, 1.54) is 55.6 Å². The zero-order valence-electron chi connectivity index (χ0n) is 20.6. The maximum absolute atomic E-state index is 6.63. The Bertz CT molecular complexity index is 1550. The molecule has 4 aromatic rings. The normalized spacial score (nSPS) is 37.5. The highest BCUT2D eigenvalue weighted by Gasteiger charge is 2.79. The van der Waals surface area contributed by atoms with E-state index in [2.05, 4.69) is 113 Å². The van der Waals surface area contributed by atoms with Gasteiger partial charge in [0.2, 0.25) is 0 Å². The highest BCUT2D eigenvalue weighted by Crippen LogP contribution is 2.82. The predicted molar refractivity (Wildman–Crippen MR) is 138 cm³/mol. The van der Waals surface area contributed by atoms with Crippen LogP contribution >= 0.6 is 0 Å². The van der Waals surface area contributed by atoms with Crippen molar-refractivity contribution < 1.29 is 4.74 Å². The van der Waals surface area contributed by atoms with Crippen LogP contribution in [0.25, 0.3) is 0 Å². The number of ether oxygens (including phenoxy) is 1. The van der Waals surface area contributed by atoms with E-state index in [0.717, 1.165) is 0 Å². The van der Waals surface area contributed by atoms with Gasteiger partial charge in [-0.15, -0.1) is 0 Å². The minimum absolute atomic E-state index is 0.00937. The first-order valence-corrected chi connectivity index (χ1v) is 13.0. The summed E-state index contributed by atoms with van der Waals surface area (Å²) in [7, 11) is 0. The van der Waals surface area contributed by atoms with Gasteiger partial charge in [-0.3, -0.25) is 0 Å². The van der Waals surface area contributed by atoms with E-state index in [1.807, 2.05) is 0 Å². The van der Waals surface area contributed by atoms with E-state index in [-0.39, 0.29) is 33.9 Å². The van der Waals surface area contributed by atoms with Crippen LogP contribution in [0.2, 0.25) is 0 Å². The molecular formula is C34H28O. The Kier molecular flexibility index (Phi) is 2.90. The van der Waals surface area contributed by atoms with Gasteiger partial charge < -0.3 is 4.74 Å². The molecule has 4 unspecified atom stereocenters. The van der Waals surface area contributed by atoms with Gasteiger partial charge in [-0.25, -0.2) is 0 Å². The molecule has 2 aliphatic heterocycles. The van der Waals surface area contributed by atoms with Crippen LogP contribution in [0.5, 0.6) is 0 Å². The predicted octanol–water partition coefficient (Wildman–Crippen LogP) is 7.47. The van der Waals surface area contributed by atoms with Crippen molar-refractivity contribution in [2.24, 2.45) is 5.41 Å². The average molecular weight is 453 g/mol. The van der Waals surface area contributed by atoms with Gasteiger partial charge in [-0.05, 0) is 55.6 Å². The summed E-state index contributed by atoms with van der Waals surface area (Å²) in [4.78, 5) is 0. The van der Waals surface area contributed by atoms with Gasteiger partial charge in [-0.2, -0.15) is 0 Å². The van der Waals surface area contributed by atoms with Crippen molar-refractivity contribution in [1.82, 2.24) is 0 Å². The van der Waals surface area contributed by atoms with Crippen molar-refractivity contribution in [3.63, 3.8) is 0 Å². The van der Waals surface area contributed by atoms with E-state index >= 15 is 0 Å². The highest BCUT2D eigenvalue weighted by atomic mass is 16.5. The molecule has 9 rings (SSSR count). The lowest BCUT2D eigenvalue weighted by Crippen LogP contribution is -2.51. The third-order valence-corrected chi connectivity index (χ3v) is 11.7. The fourth-order valence-electron chi connectivity index (χ4n) is 9.93. The molecule has 6 atom stereocenters. The molecule has 0 N–H and O–H groups in total. The maximum Gasteiger partial charge on any atom is 0.110 e. The van der Waals surface area contributed by atoms with Gasteiger partial charge >= 0.3 is 0 Å². The van der Waals surface area contributed by atoms with Crippen molar-refractivity contribution in [3.8, 4) is 0 Å². The van der Waals surface area contributed by atoms with E-state index < -0.39 is 0 Å². The quantitative estimate of drug-likeness (QED) is 0.269. The second kappa shape index (κ2) is 5.32. The van der Waals surface area contributed by atoms with Crippen LogP contribution in [0.4, 0.5) is 0 Å². The number of fused-ring (bicyclic) bond motifs is 17. The Morgan fingerprint density at radius 3 is 1.20 bits per heavy atom. The van der Waals surface area contributed by atoms with Crippen LogP contribution in [0.3, 0.4) is 0 Å². The molecule has 0 saturated carbocycles. The van der Waals surface area contributed by atoms with E-state index in [1.54, 1.807) is 0 Å². The molecule has 0 fully saturated rings. The first-order chi connectivity index (χ1) is 16.9. The molecule has 2 bridgehead atoms. The molecule has 0 spiro atoms. The minimum Gasteiger partial charge on any atom is -0.356 e. The second-order valence-electron chi connectivity index (χ2n) is 12.1. The van der Waals surface area contributed by atoms with Crippen LogP contribution in [0, 0.1) is 5.41 Å². The fraction of sp³-hybridized carbons (Fsp3) is 0.294. The number of hydrogen-bond donors (Lipinski definition) is 0. The molecule has 1 heteroatoms. The Labute approximate surface area is 206 Å². The molecule has 0 amide bonds. The van der Waals surface area contributed by atoms with Gasteiger partial charge in [0.25, 0.3) is 0 Å². The van der Waals surface area contributed by atoms with Gasteiger partial charge in [0.1, 0.15) is 12.2 Å². The minimum atomic E-state index is -0.0855. The average Bonchev–Trinajstić information content (AvgIpc) is 3.58. The topological polar surface area (TPSA) is 9.23 Å². The van der Waals surface area contributed by atoms with Gasteiger partial charge in [-0.1, -0.05) is 113 Å². The molecule has 2 heterocycles. The summed E-state index contributed by atoms with van der Waals surface area (Å²) < 4.78 is 6.63. The third kappa shape index (κ3) is 1.55. The van der Waals surface area contributed by atoms with Crippen molar-refractivity contribution in [3.05, 3.63) is 141 Å². The zero-order chi connectivity index (χ0) is 23.5. The first kappa shape index (κ1) is 19.1. The van der Waals surface area contributed by atoms with Crippen LogP contribution in [-0.4, -0.2) is 0 Å². The van der Waals surface area contributed by atoms with Gasteiger partial charge in [0, 0.05) is 21.7 Å². The van der Waals surface area contributed by atoms with E-state index in [0.29, 0.717) is 0 Å². The fourth-order valence-corrected chi connectivity index (χ4v) is 9.93. The van der Waals surface area contributed by atoms with Crippen LogP contribution in [-0.2, 0) is 21.0 Å². The monoisotopic (exact) mass is 452 g/mol. The van der Waals surface area contributed by atoms with Gasteiger partial charge in [0.15, 0.2) is 0 Å².